The minimum atomic E-state index is -0.292. The number of rotatable bonds is 5. The van der Waals surface area contributed by atoms with Crippen LogP contribution in [-0.2, 0) is 0 Å². The highest BCUT2D eigenvalue weighted by molar-refractivity contribution is 9.10. The first-order valence-corrected chi connectivity index (χ1v) is 8.65. The van der Waals surface area contributed by atoms with Crippen molar-refractivity contribution in [2.45, 2.75) is 0 Å². The Labute approximate surface area is 159 Å². The van der Waals surface area contributed by atoms with Gasteiger partial charge >= 0.3 is 0 Å². The monoisotopic (exact) mass is 412 g/mol. The fourth-order valence-corrected chi connectivity index (χ4v) is 2.99. The van der Waals surface area contributed by atoms with Gasteiger partial charge in [0.1, 0.15) is 11.5 Å². The average Bonchev–Trinajstić information content (AvgIpc) is 2.67. The van der Waals surface area contributed by atoms with E-state index in [4.69, 9.17) is 9.47 Å². The maximum absolute atomic E-state index is 12.2. The third-order valence-electron chi connectivity index (χ3n) is 3.90. The summed E-state index contributed by atoms with van der Waals surface area (Å²) in [5.74, 6) is 1.10. The molecule has 0 unspecified atom stereocenters. The Hall–Kier alpha value is -2.86. The molecule has 0 aliphatic rings. The van der Waals surface area contributed by atoms with E-state index in [1.54, 1.807) is 38.6 Å². The summed E-state index contributed by atoms with van der Waals surface area (Å²) in [5.41, 5.74) is 3.82. The van der Waals surface area contributed by atoms with Crippen molar-refractivity contribution in [1.29, 1.82) is 0 Å². The molecule has 0 fully saturated rings. The third-order valence-corrected chi connectivity index (χ3v) is 4.39. The van der Waals surface area contributed by atoms with Gasteiger partial charge < -0.3 is 9.47 Å². The van der Waals surface area contributed by atoms with Gasteiger partial charge in [0.25, 0.3) is 5.91 Å². The summed E-state index contributed by atoms with van der Waals surface area (Å²) in [6.45, 7) is 0. The van der Waals surface area contributed by atoms with E-state index in [0.29, 0.717) is 11.3 Å². The van der Waals surface area contributed by atoms with Gasteiger partial charge in [-0.3, -0.25) is 4.79 Å². The summed E-state index contributed by atoms with van der Waals surface area (Å²) < 4.78 is 11.6. The number of hydrogen-bond acceptors (Lipinski definition) is 4. The Morgan fingerprint density at radius 1 is 1.08 bits per heavy atom. The van der Waals surface area contributed by atoms with Crippen molar-refractivity contribution in [3.8, 4) is 11.5 Å². The van der Waals surface area contributed by atoms with E-state index in [2.05, 4.69) is 26.5 Å². The molecule has 0 aromatic heterocycles. The molecule has 1 N–H and O–H groups in total. The second-order valence-electron chi connectivity index (χ2n) is 5.48. The molecule has 132 valence electrons. The van der Waals surface area contributed by atoms with Crippen LogP contribution >= 0.6 is 15.9 Å². The lowest BCUT2D eigenvalue weighted by molar-refractivity contribution is 0.0955. The summed E-state index contributed by atoms with van der Waals surface area (Å²) >= 11 is 3.35. The Kier molecular flexibility index (Phi) is 5.53. The molecule has 26 heavy (non-hydrogen) atoms. The van der Waals surface area contributed by atoms with Crippen LogP contribution in [0.5, 0.6) is 11.5 Å². The van der Waals surface area contributed by atoms with E-state index < -0.39 is 0 Å². The molecule has 1 amide bonds. The second-order valence-corrected chi connectivity index (χ2v) is 6.39. The molecule has 6 heteroatoms. The van der Waals surface area contributed by atoms with Gasteiger partial charge in [0.15, 0.2) is 0 Å². The molecule has 3 aromatic carbocycles. The summed E-state index contributed by atoms with van der Waals surface area (Å²) in [6, 6.07) is 16.7. The van der Waals surface area contributed by atoms with Crippen LogP contribution in [0.1, 0.15) is 15.9 Å². The number of hydrazone groups is 1. The molecule has 0 saturated heterocycles. The molecule has 3 aromatic rings. The largest absolute Gasteiger partial charge is 0.497 e. The van der Waals surface area contributed by atoms with Gasteiger partial charge in [-0.25, -0.2) is 5.43 Å². The standard InChI is InChI=1S/C20H17BrN2O3/c1-25-16-8-6-13-7-9-19(26-2)18(17(13)11-16)12-22-23-20(24)14-4-3-5-15(21)10-14/h3-12H,1-2H3,(H,23,24)/b22-12-. The van der Waals surface area contributed by atoms with Crippen LogP contribution in [-0.4, -0.2) is 26.3 Å². The molecule has 0 bridgehead atoms. The first-order chi connectivity index (χ1) is 12.6. The van der Waals surface area contributed by atoms with Gasteiger partial charge in [-0.15, -0.1) is 0 Å². The minimum absolute atomic E-state index is 0.292. The van der Waals surface area contributed by atoms with Crippen LogP contribution < -0.4 is 14.9 Å². The number of nitrogens with one attached hydrogen (secondary N) is 1. The molecule has 0 heterocycles. The van der Waals surface area contributed by atoms with Gasteiger partial charge in [0.2, 0.25) is 0 Å². The van der Waals surface area contributed by atoms with Crippen LogP contribution in [0.25, 0.3) is 10.8 Å². The normalized spacial score (nSPS) is 10.9. The maximum Gasteiger partial charge on any atom is 0.271 e. The molecule has 5 nitrogen and oxygen atoms in total. The molecule has 0 spiro atoms. The van der Waals surface area contributed by atoms with Gasteiger partial charge in [-0.05, 0) is 47.2 Å². The SMILES string of the molecule is COc1ccc2ccc(OC)c(/C=N\NC(=O)c3cccc(Br)c3)c2c1. The van der Waals surface area contributed by atoms with E-state index in [1.165, 1.54) is 0 Å². The summed E-state index contributed by atoms with van der Waals surface area (Å²) in [4.78, 5) is 12.2. The number of carbonyl (C=O) groups is 1. The smallest absolute Gasteiger partial charge is 0.271 e. The second kappa shape index (κ2) is 8.01. The molecule has 0 saturated carbocycles. The number of halogens is 1. The number of benzene rings is 3. The summed E-state index contributed by atoms with van der Waals surface area (Å²) in [7, 11) is 3.21. The van der Waals surface area contributed by atoms with E-state index in [9.17, 15) is 4.79 Å². The van der Waals surface area contributed by atoms with Gasteiger partial charge in [-0.1, -0.05) is 34.1 Å². The third kappa shape index (κ3) is 3.86. The van der Waals surface area contributed by atoms with E-state index in [1.807, 2.05) is 36.4 Å². The zero-order valence-electron chi connectivity index (χ0n) is 14.3. The molecule has 0 aliphatic carbocycles. The molecular formula is C20H17BrN2O3. The fraction of sp³-hybridized carbons (Fsp3) is 0.100. The van der Waals surface area contributed by atoms with E-state index in [-0.39, 0.29) is 5.91 Å². The zero-order valence-corrected chi connectivity index (χ0v) is 15.9. The minimum Gasteiger partial charge on any atom is -0.497 e. The predicted octanol–water partition coefficient (Wildman–Crippen LogP) is 4.38. The highest BCUT2D eigenvalue weighted by atomic mass is 79.9. The van der Waals surface area contributed by atoms with Crippen LogP contribution in [0.3, 0.4) is 0 Å². The highest BCUT2D eigenvalue weighted by Gasteiger charge is 2.09. The van der Waals surface area contributed by atoms with Crippen molar-refractivity contribution < 1.29 is 14.3 Å². The van der Waals surface area contributed by atoms with Gasteiger partial charge in [-0.2, -0.15) is 5.10 Å². The van der Waals surface area contributed by atoms with Crippen LogP contribution in [0, 0.1) is 0 Å². The molecule has 0 radical (unpaired) electrons. The number of hydrogen-bond donors (Lipinski definition) is 1. The van der Waals surface area contributed by atoms with Crippen LogP contribution in [0.15, 0.2) is 64.2 Å². The zero-order chi connectivity index (χ0) is 18.5. The summed E-state index contributed by atoms with van der Waals surface area (Å²) in [6.07, 6.45) is 1.58. The fourth-order valence-electron chi connectivity index (χ4n) is 2.59. The van der Waals surface area contributed by atoms with Crippen molar-refractivity contribution in [2.75, 3.05) is 14.2 Å². The predicted molar refractivity (Wildman–Crippen MR) is 106 cm³/mol. The number of amides is 1. The average molecular weight is 413 g/mol. The van der Waals surface area contributed by atoms with Gasteiger partial charge in [0, 0.05) is 15.6 Å². The van der Waals surface area contributed by atoms with Crippen LogP contribution in [0.4, 0.5) is 0 Å². The first-order valence-electron chi connectivity index (χ1n) is 7.86. The Balaban J connectivity index is 1.91. The lowest BCUT2D eigenvalue weighted by Crippen LogP contribution is -2.17. The molecule has 0 atom stereocenters. The van der Waals surface area contributed by atoms with E-state index >= 15 is 0 Å². The summed E-state index contributed by atoms with van der Waals surface area (Å²) in [5, 5.41) is 6.04. The van der Waals surface area contributed by atoms with Gasteiger partial charge in [0.05, 0.1) is 20.4 Å². The quantitative estimate of drug-likeness (QED) is 0.499. The lowest BCUT2D eigenvalue weighted by atomic mass is 10.0. The Morgan fingerprint density at radius 3 is 2.62 bits per heavy atom. The molecule has 3 rings (SSSR count). The van der Waals surface area contributed by atoms with Crippen molar-refractivity contribution >= 4 is 38.8 Å². The van der Waals surface area contributed by atoms with E-state index in [0.717, 1.165) is 26.6 Å². The molecule has 0 aliphatic heterocycles. The number of fused-ring (bicyclic) bond motifs is 1. The number of methoxy groups -OCH3 is 2. The Bertz CT molecular complexity index is 981. The number of nitrogens with zero attached hydrogens (tertiary/aromatic N) is 1. The van der Waals surface area contributed by atoms with Crippen molar-refractivity contribution in [3.63, 3.8) is 0 Å². The highest BCUT2D eigenvalue weighted by Crippen LogP contribution is 2.29. The Morgan fingerprint density at radius 2 is 1.88 bits per heavy atom. The maximum atomic E-state index is 12.2. The van der Waals surface area contributed by atoms with Crippen molar-refractivity contribution in [1.82, 2.24) is 5.43 Å². The number of ether oxygens (including phenoxy) is 2. The van der Waals surface area contributed by atoms with Crippen molar-refractivity contribution in [3.05, 3.63) is 70.2 Å². The topological polar surface area (TPSA) is 59.9 Å². The molecular weight excluding hydrogens is 396 g/mol. The first kappa shape index (κ1) is 17.9. The lowest BCUT2D eigenvalue weighted by Gasteiger charge is -2.10. The van der Waals surface area contributed by atoms with Crippen molar-refractivity contribution in [2.24, 2.45) is 5.10 Å². The van der Waals surface area contributed by atoms with Crippen LogP contribution in [0.2, 0.25) is 0 Å². The number of carbonyl (C=O) groups excluding carboxylic acids is 1.